The Kier molecular flexibility index (Phi) is 4.93. The monoisotopic (exact) mass is 297 g/mol. The highest BCUT2D eigenvalue weighted by atomic mass is 16.5. The molecule has 1 amide bonds. The number of phenolic OH excluding ortho intramolecular Hbond substituents is 1. The Morgan fingerprint density at radius 2 is 1.77 bits per heavy atom. The molecule has 0 saturated carbocycles. The Morgan fingerprint density at radius 1 is 1.09 bits per heavy atom. The molecule has 0 aromatic heterocycles. The van der Waals surface area contributed by atoms with Gasteiger partial charge in [-0.1, -0.05) is 24.3 Å². The third-order valence-corrected chi connectivity index (χ3v) is 2.91. The van der Waals surface area contributed by atoms with Crippen molar-refractivity contribution in [3.8, 4) is 5.75 Å². The molecule has 0 unspecified atom stereocenters. The highest BCUT2D eigenvalue weighted by Gasteiger charge is 2.11. The summed E-state index contributed by atoms with van der Waals surface area (Å²) in [5.74, 6) is -0.726. The van der Waals surface area contributed by atoms with Crippen LogP contribution in [-0.2, 0) is 9.53 Å². The van der Waals surface area contributed by atoms with E-state index in [2.05, 4.69) is 10.1 Å². The van der Waals surface area contributed by atoms with Gasteiger partial charge in [-0.2, -0.15) is 0 Å². The normalized spacial score (nSPS) is 10.4. The maximum Gasteiger partial charge on any atom is 0.339 e. The third-order valence-electron chi connectivity index (χ3n) is 2.91. The molecule has 0 aliphatic carbocycles. The molecule has 22 heavy (non-hydrogen) atoms. The quantitative estimate of drug-likeness (QED) is 0.672. The van der Waals surface area contributed by atoms with E-state index >= 15 is 0 Å². The van der Waals surface area contributed by atoms with Gasteiger partial charge in [0, 0.05) is 6.08 Å². The minimum atomic E-state index is -0.515. The zero-order valence-corrected chi connectivity index (χ0v) is 11.9. The van der Waals surface area contributed by atoms with Gasteiger partial charge >= 0.3 is 5.97 Å². The molecule has 2 N–H and O–H groups in total. The molecule has 0 saturated heterocycles. The highest BCUT2D eigenvalue weighted by Crippen LogP contribution is 2.16. The lowest BCUT2D eigenvalue weighted by Gasteiger charge is -2.07. The SMILES string of the molecule is COC(=O)c1ccccc1NC(=O)/C=C/c1ccc(O)cc1. The van der Waals surface area contributed by atoms with Crippen LogP contribution >= 0.6 is 0 Å². The van der Waals surface area contributed by atoms with E-state index < -0.39 is 5.97 Å². The van der Waals surface area contributed by atoms with Crippen LogP contribution in [0.4, 0.5) is 5.69 Å². The van der Waals surface area contributed by atoms with E-state index in [-0.39, 0.29) is 17.2 Å². The van der Waals surface area contributed by atoms with Crippen molar-refractivity contribution in [1.82, 2.24) is 0 Å². The second kappa shape index (κ2) is 7.08. The van der Waals surface area contributed by atoms with Crippen LogP contribution < -0.4 is 5.32 Å². The molecule has 2 aromatic carbocycles. The fraction of sp³-hybridized carbons (Fsp3) is 0.0588. The van der Waals surface area contributed by atoms with Crippen LogP contribution in [-0.4, -0.2) is 24.1 Å². The van der Waals surface area contributed by atoms with Gasteiger partial charge in [0.25, 0.3) is 0 Å². The van der Waals surface area contributed by atoms with E-state index in [1.54, 1.807) is 42.5 Å². The van der Waals surface area contributed by atoms with Gasteiger partial charge in [0.05, 0.1) is 18.4 Å². The highest BCUT2D eigenvalue weighted by molar-refractivity contribution is 6.06. The molecule has 2 rings (SSSR count). The van der Waals surface area contributed by atoms with Crippen molar-refractivity contribution < 1.29 is 19.4 Å². The number of hydrogen-bond donors (Lipinski definition) is 2. The molecule has 0 aliphatic rings. The maximum atomic E-state index is 11.9. The van der Waals surface area contributed by atoms with Crippen LogP contribution in [0.5, 0.6) is 5.75 Å². The van der Waals surface area contributed by atoms with Crippen LogP contribution in [0.25, 0.3) is 6.08 Å². The van der Waals surface area contributed by atoms with E-state index in [1.807, 2.05) is 0 Å². The third kappa shape index (κ3) is 3.96. The fourth-order valence-electron chi connectivity index (χ4n) is 1.81. The van der Waals surface area contributed by atoms with Crippen LogP contribution in [0, 0.1) is 0 Å². The lowest BCUT2D eigenvalue weighted by Crippen LogP contribution is -2.12. The van der Waals surface area contributed by atoms with Crippen LogP contribution in [0.3, 0.4) is 0 Å². The number of benzene rings is 2. The molecule has 0 bridgehead atoms. The Bertz CT molecular complexity index is 705. The summed E-state index contributed by atoms with van der Waals surface area (Å²) in [4.78, 5) is 23.5. The summed E-state index contributed by atoms with van der Waals surface area (Å²) in [6.07, 6.45) is 2.95. The van der Waals surface area contributed by atoms with E-state index in [9.17, 15) is 14.7 Å². The van der Waals surface area contributed by atoms with Gasteiger partial charge in [0.15, 0.2) is 0 Å². The smallest absolute Gasteiger partial charge is 0.339 e. The molecule has 0 heterocycles. The van der Waals surface area contributed by atoms with Crippen LogP contribution in [0.1, 0.15) is 15.9 Å². The van der Waals surface area contributed by atoms with Gasteiger partial charge < -0.3 is 15.2 Å². The summed E-state index contributed by atoms with van der Waals surface area (Å²) in [5, 5.41) is 11.8. The van der Waals surface area contributed by atoms with Crippen molar-refractivity contribution in [2.75, 3.05) is 12.4 Å². The van der Waals surface area contributed by atoms with Crippen molar-refractivity contribution in [1.29, 1.82) is 0 Å². The zero-order valence-electron chi connectivity index (χ0n) is 11.9. The number of methoxy groups -OCH3 is 1. The predicted octanol–water partition coefficient (Wildman–Crippen LogP) is 2.83. The standard InChI is InChI=1S/C17H15NO4/c1-22-17(21)14-4-2-3-5-15(14)18-16(20)11-8-12-6-9-13(19)10-7-12/h2-11,19H,1H3,(H,18,20)/b11-8+. The summed E-state index contributed by atoms with van der Waals surface area (Å²) >= 11 is 0. The number of carbonyl (C=O) groups excluding carboxylic acids is 2. The van der Waals surface area contributed by atoms with E-state index in [0.717, 1.165) is 5.56 Å². The molecule has 0 radical (unpaired) electrons. The Balaban J connectivity index is 2.09. The van der Waals surface area contributed by atoms with Crippen molar-refractivity contribution in [2.45, 2.75) is 0 Å². The first-order valence-electron chi connectivity index (χ1n) is 6.55. The van der Waals surface area contributed by atoms with Gasteiger partial charge in [-0.3, -0.25) is 4.79 Å². The number of anilines is 1. The van der Waals surface area contributed by atoms with Crippen molar-refractivity contribution in [3.63, 3.8) is 0 Å². The molecular weight excluding hydrogens is 282 g/mol. The lowest BCUT2D eigenvalue weighted by molar-refractivity contribution is -0.111. The minimum absolute atomic E-state index is 0.161. The molecule has 5 heteroatoms. The number of aromatic hydroxyl groups is 1. The maximum absolute atomic E-state index is 11.9. The number of para-hydroxylation sites is 1. The molecule has 2 aromatic rings. The van der Waals surface area contributed by atoms with Crippen molar-refractivity contribution >= 4 is 23.6 Å². The van der Waals surface area contributed by atoms with Crippen LogP contribution in [0.15, 0.2) is 54.6 Å². The van der Waals surface area contributed by atoms with E-state index in [0.29, 0.717) is 5.69 Å². The molecule has 5 nitrogen and oxygen atoms in total. The minimum Gasteiger partial charge on any atom is -0.508 e. The van der Waals surface area contributed by atoms with E-state index in [4.69, 9.17) is 0 Å². The summed E-state index contributed by atoms with van der Waals surface area (Å²) in [5.41, 5.74) is 1.44. The molecular formula is C17H15NO4. The number of hydrogen-bond acceptors (Lipinski definition) is 4. The fourth-order valence-corrected chi connectivity index (χ4v) is 1.81. The molecule has 0 aliphatic heterocycles. The second-order valence-electron chi connectivity index (χ2n) is 4.45. The number of carbonyl (C=O) groups is 2. The number of ether oxygens (including phenoxy) is 1. The van der Waals surface area contributed by atoms with E-state index in [1.165, 1.54) is 25.3 Å². The summed E-state index contributed by atoms with van der Waals surface area (Å²) in [6.45, 7) is 0. The Morgan fingerprint density at radius 3 is 2.45 bits per heavy atom. The van der Waals surface area contributed by atoms with Crippen molar-refractivity contribution in [3.05, 3.63) is 65.7 Å². The molecule has 0 atom stereocenters. The lowest BCUT2D eigenvalue weighted by atomic mass is 10.1. The number of phenols is 1. The summed E-state index contributed by atoms with van der Waals surface area (Å²) < 4.78 is 4.67. The number of esters is 1. The second-order valence-corrected chi connectivity index (χ2v) is 4.45. The Labute approximate surface area is 127 Å². The number of amides is 1. The first-order valence-corrected chi connectivity index (χ1v) is 6.55. The topological polar surface area (TPSA) is 75.6 Å². The molecule has 112 valence electrons. The first kappa shape index (κ1) is 15.3. The van der Waals surface area contributed by atoms with Gasteiger partial charge in [0.2, 0.25) is 5.91 Å². The van der Waals surface area contributed by atoms with Gasteiger partial charge in [-0.15, -0.1) is 0 Å². The largest absolute Gasteiger partial charge is 0.508 e. The summed E-state index contributed by atoms with van der Waals surface area (Å²) in [6, 6.07) is 13.0. The number of rotatable bonds is 4. The van der Waals surface area contributed by atoms with Crippen LogP contribution in [0.2, 0.25) is 0 Å². The average Bonchev–Trinajstić information content (AvgIpc) is 2.54. The molecule has 0 fully saturated rings. The van der Waals surface area contributed by atoms with Gasteiger partial charge in [-0.05, 0) is 35.9 Å². The average molecular weight is 297 g/mol. The Hall–Kier alpha value is -3.08. The number of nitrogens with one attached hydrogen (secondary N) is 1. The van der Waals surface area contributed by atoms with Gasteiger partial charge in [0.1, 0.15) is 5.75 Å². The first-order chi connectivity index (χ1) is 10.6. The predicted molar refractivity (Wildman–Crippen MR) is 83.6 cm³/mol. The van der Waals surface area contributed by atoms with Gasteiger partial charge in [-0.25, -0.2) is 4.79 Å². The summed E-state index contributed by atoms with van der Waals surface area (Å²) in [7, 11) is 1.28. The van der Waals surface area contributed by atoms with Crippen molar-refractivity contribution in [2.24, 2.45) is 0 Å². The zero-order chi connectivity index (χ0) is 15.9. The molecule has 0 spiro atoms.